The van der Waals surface area contributed by atoms with Crippen LogP contribution in [0.5, 0.6) is 0 Å². The molecule has 0 amide bonds. The second kappa shape index (κ2) is 9.28. The molecule has 5 heteroatoms. The molecule has 0 radical (unpaired) electrons. The summed E-state index contributed by atoms with van der Waals surface area (Å²) in [4.78, 5) is 11.1. The summed E-state index contributed by atoms with van der Waals surface area (Å²) >= 11 is 0. The first-order valence-electron chi connectivity index (χ1n) is 8.07. The van der Waals surface area contributed by atoms with E-state index in [1.54, 1.807) is 13.8 Å². The maximum Gasteiger partial charge on any atom is 0.303 e. The Morgan fingerprint density at radius 1 is 1.41 bits per heavy atom. The van der Waals surface area contributed by atoms with Crippen LogP contribution in [-0.4, -0.2) is 42.3 Å². The van der Waals surface area contributed by atoms with Crippen molar-refractivity contribution >= 4 is 5.97 Å². The fourth-order valence-electron chi connectivity index (χ4n) is 2.36. The van der Waals surface area contributed by atoms with E-state index in [0.29, 0.717) is 13.0 Å². The molecule has 5 nitrogen and oxygen atoms in total. The number of carbonyl (C=O) groups is 1. The molecule has 1 aliphatic rings. The third-order valence-corrected chi connectivity index (χ3v) is 3.75. The average molecular weight is 314 g/mol. The lowest BCUT2D eigenvalue weighted by Gasteiger charge is -2.28. The van der Waals surface area contributed by atoms with Crippen LogP contribution in [0.25, 0.3) is 0 Å². The van der Waals surface area contributed by atoms with E-state index >= 15 is 0 Å². The van der Waals surface area contributed by atoms with Gasteiger partial charge in [0, 0.05) is 13.5 Å². The van der Waals surface area contributed by atoms with Crippen molar-refractivity contribution in [3.05, 3.63) is 11.6 Å². The van der Waals surface area contributed by atoms with Gasteiger partial charge in [0.25, 0.3) is 0 Å². The van der Waals surface area contributed by atoms with E-state index < -0.39 is 11.7 Å². The lowest BCUT2D eigenvalue weighted by molar-refractivity contribution is -0.160. The largest absolute Gasteiger partial charge is 0.460 e. The fraction of sp³-hybridized carbons (Fsp3) is 0.824. The van der Waals surface area contributed by atoms with Crippen molar-refractivity contribution < 1.29 is 24.1 Å². The number of carbonyl (C=O) groups excluding carboxylic acids is 1. The van der Waals surface area contributed by atoms with E-state index in [9.17, 15) is 9.90 Å². The predicted molar refractivity (Wildman–Crippen MR) is 84.4 cm³/mol. The number of hydrogen-bond donors (Lipinski definition) is 1. The fourth-order valence-corrected chi connectivity index (χ4v) is 2.36. The Kier molecular flexibility index (Phi) is 8.07. The molecule has 1 fully saturated rings. The highest BCUT2D eigenvalue weighted by atomic mass is 16.7. The SMILES string of the molecule is CC(=O)O[C@@H](CC/C(C)=C\CO[C@H]1CCCCO1)C(C)(C)O. The number of ether oxygens (including phenoxy) is 3. The summed E-state index contributed by atoms with van der Waals surface area (Å²) in [6, 6.07) is 0. The highest BCUT2D eigenvalue weighted by Gasteiger charge is 2.29. The summed E-state index contributed by atoms with van der Waals surface area (Å²) in [7, 11) is 0. The Labute approximate surface area is 133 Å². The average Bonchev–Trinajstić information content (AvgIpc) is 2.43. The minimum absolute atomic E-state index is 0.0806. The summed E-state index contributed by atoms with van der Waals surface area (Å²) in [5.41, 5.74) is 0.107. The van der Waals surface area contributed by atoms with Gasteiger partial charge in [0.15, 0.2) is 6.29 Å². The third-order valence-electron chi connectivity index (χ3n) is 3.75. The van der Waals surface area contributed by atoms with Gasteiger partial charge in [0.2, 0.25) is 0 Å². The van der Waals surface area contributed by atoms with Crippen molar-refractivity contribution in [2.24, 2.45) is 0 Å². The molecule has 1 aliphatic heterocycles. The van der Waals surface area contributed by atoms with E-state index in [1.807, 2.05) is 13.0 Å². The first-order valence-corrected chi connectivity index (χ1v) is 8.07. The minimum Gasteiger partial charge on any atom is -0.460 e. The van der Waals surface area contributed by atoms with Crippen molar-refractivity contribution in [2.45, 2.75) is 77.8 Å². The molecule has 1 heterocycles. The monoisotopic (exact) mass is 314 g/mol. The molecule has 0 bridgehead atoms. The zero-order chi connectivity index (χ0) is 16.6. The van der Waals surface area contributed by atoms with Crippen molar-refractivity contribution in [3.63, 3.8) is 0 Å². The Bertz CT molecular complexity index is 364. The van der Waals surface area contributed by atoms with Gasteiger partial charge in [0.05, 0.1) is 12.2 Å². The number of aliphatic hydroxyl groups is 1. The zero-order valence-electron chi connectivity index (χ0n) is 14.3. The van der Waals surface area contributed by atoms with Crippen LogP contribution in [0, 0.1) is 0 Å². The van der Waals surface area contributed by atoms with Gasteiger partial charge in [-0.3, -0.25) is 4.79 Å². The number of allylic oxidation sites excluding steroid dienone is 1. The van der Waals surface area contributed by atoms with Crippen LogP contribution in [0.15, 0.2) is 11.6 Å². The molecule has 1 N–H and O–H groups in total. The second-order valence-corrected chi connectivity index (χ2v) is 6.47. The highest BCUT2D eigenvalue weighted by molar-refractivity contribution is 5.66. The van der Waals surface area contributed by atoms with Crippen LogP contribution >= 0.6 is 0 Å². The van der Waals surface area contributed by atoms with Crippen LogP contribution < -0.4 is 0 Å². The lowest BCUT2D eigenvalue weighted by Crippen LogP contribution is -2.39. The predicted octanol–water partition coefficient (Wildman–Crippen LogP) is 2.96. The van der Waals surface area contributed by atoms with E-state index in [1.165, 1.54) is 6.92 Å². The van der Waals surface area contributed by atoms with E-state index in [2.05, 4.69) is 0 Å². The maximum absolute atomic E-state index is 11.1. The number of hydrogen-bond acceptors (Lipinski definition) is 5. The zero-order valence-corrected chi connectivity index (χ0v) is 14.3. The molecule has 0 aromatic heterocycles. The molecular weight excluding hydrogens is 284 g/mol. The van der Waals surface area contributed by atoms with Gasteiger partial charge in [-0.1, -0.05) is 11.6 Å². The molecule has 128 valence electrons. The van der Waals surface area contributed by atoms with Crippen molar-refractivity contribution in [2.75, 3.05) is 13.2 Å². The Balaban J connectivity index is 2.33. The minimum atomic E-state index is -1.04. The first kappa shape index (κ1) is 19.1. The van der Waals surface area contributed by atoms with Crippen LogP contribution in [-0.2, 0) is 19.0 Å². The number of rotatable bonds is 8. The molecule has 0 saturated carbocycles. The Morgan fingerprint density at radius 3 is 2.68 bits per heavy atom. The number of esters is 1. The van der Waals surface area contributed by atoms with Gasteiger partial charge in [-0.05, 0) is 52.9 Å². The van der Waals surface area contributed by atoms with Gasteiger partial charge in [-0.2, -0.15) is 0 Å². The van der Waals surface area contributed by atoms with Crippen LogP contribution in [0.3, 0.4) is 0 Å². The van der Waals surface area contributed by atoms with E-state index in [4.69, 9.17) is 14.2 Å². The molecule has 0 spiro atoms. The second-order valence-electron chi connectivity index (χ2n) is 6.47. The topological polar surface area (TPSA) is 65.0 Å². The summed E-state index contributed by atoms with van der Waals surface area (Å²) < 4.78 is 16.4. The molecule has 0 aromatic carbocycles. The van der Waals surface area contributed by atoms with E-state index in [-0.39, 0.29) is 12.3 Å². The summed E-state index contributed by atoms with van der Waals surface area (Å²) in [5.74, 6) is -0.369. The first-order chi connectivity index (χ1) is 10.3. The molecule has 1 saturated heterocycles. The van der Waals surface area contributed by atoms with Crippen molar-refractivity contribution in [1.82, 2.24) is 0 Å². The van der Waals surface area contributed by atoms with Crippen LogP contribution in [0.1, 0.15) is 59.8 Å². The van der Waals surface area contributed by atoms with Crippen molar-refractivity contribution in [3.8, 4) is 0 Å². The molecule has 0 unspecified atom stereocenters. The summed E-state index contributed by atoms with van der Waals surface area (Å²) in [6.07, 6.45) is 6.00. The van der Waals surface area contributed by atoms with Gasteiger partial charge in [-0.15, -0.1) is 0 Å². The van der Waals surface area contributed by atoms with Gasteiger partial charge < -0.3 is 19.3 Å². The van der Waals surface area contributed by atoms with E-state index in [0.717, 1.165) is 37.9 Å². The Hall–Kier alpha value is -0.910. The van der Waals surface area contributed by atoms with Gasteiger partial charge in [0.1, 0.15) is 6.10 Å². The van der Waals surface area contributed by atoms with Crippen LogP contribution in [0.2, 0.25) is 0 Å². The molecule has 1 rings (SSSR count). The molecule has 2 atom stereocenters. The van der Waals surface area contributed by atoms with Crippen LogP contribution in [0.4, 0.5) is 0 Å². The standard InChI is InChI=1S/C17H30O5/c1-13(10-12-21-16-7-5-6-11-20-16)8-9-15(17(3,4)19)22-14(2)18/h10,15-16,19H,5-9,11-12H2,1-4H3/b13-10-/t15-,16-/m0/s1. The van der Waals surface area contributed by atoms with Crippen molar-refractivity contribution in [1.29, 1.82) is 0 Å². The van der Waals surface area contributed by atoms with Gasteiger partial charge in [-0.25, -0.2) is 0 Å². The summed E-state index contributed by atoms with van der Waals surface area (Å²) in [5, 5.41) is 10.0. The molecule has 22 heavy (non-hydrogen) atoms. The molecule has 0 aromatic rings. The normalized spacial score (nSPS) is 21.5. The third kappa shape index (κ3) is 7.92. The molecule has 0 aliphatic carbocycles. The maximum atomic E-state index is 11.1. The lowest BCUT2D eigenvalue weighted by atomic mass is 9.95. The highest BCUT2D eigenvalue weighted by Crippen LogP contribution is 2.20. The Morgan fingerprint density at radius 2 is 2.14 bits per heavy atom. The summed E-state index contributed by atoms with van der Waals surface area (Å²) in [6.45, 7) is 7.99. The quantitative estimate of drug-likeness (QED) is 0.551. The van der Waals surface area contributed by atoms with Gasteiger partial charge >= 0.3 is 5.97 Å². The molecular formula is C17H30O5. The smallest absolute Gasteiger partial charge is 0.303 e.